The van der Waals surface area contributed by atoms with Crippen molar-refractivity contribution in [2.24, 2.45) is 4.99 Å². The molecule has 1 heterocycles. The van der Waals surface area contributed by atoms with E-state index in [-0.39, 0.29) is 13.2 Å². The Hall–Kier alpha value is -3.33. The van der Waals surface area contributed by atoms with E-state index in [1.54, 1.807) is 26.0 Å². The van der Waals surface area contributed by atoms with E-state index in [1.807, 2.05) is 42.7 Å². The van der Waals surface area contributed by atoms with Crippen LogP contribution < -0.4 is 10.2 Å². The minimum Gasteiger partial charge on any atom is -0.449 e. The molecular formula is C24H27N3O5S. The molecule has 2 aromatic rings. The number of carbonyl (C=O) groups excluding carboxylic acids is 3. The number of alkyl carbamates (subject to hydrolysis) is 1. The van der Waals surface area contributed by atoms with Gasteiger partial charge in [-0.3, -0.25) is 15.1 Å². The Kier molecular flexibility index (Phi) is 7.75. The monoisotopic (exact) mass is 469 g/mol. The zero-order valence-electron chi connectivity index (χ0n) is 19.1. The summed E-state index contributed by atoms with van der Waals surface area (Å²) >= 11 is 1.51. The second-order valence-electron chi connectivity index (χ2n) is 7.56. The predicted molar refractivity (Wildman–Crippen MR) is 129 cm³/mol. The van der Waals surface area contributed by atoms with E-state index < -0.39 is 23.8 Å². The van der Waals surface area contributed by atoms with Crippen LogP contribution in [0.4, 0.5) is 15.3 Å². The number of amides is 3. The minimum absolute atomic E-state index is 0.0270. The highest BCUT2D eigenvalue weighted by atomic mass is 32.2. The average Bonchev–Trinajstić information content (AvgIpc) is 2.87. The summed E-state index contributed by atoms with van der Waals surface area (Å²) in [5.41, 5.74) is 1.33. The molecule has 0 aliphatic carbocycles. The quantitative estimate of drug-likeness (QED) is 0.678. The molecule has 33 heavy (non-hydrogen) atoms. The topological polar surface area (TPSA) is 97.3 Å². The zero-order chi connectivity index (χ0) is 24.0. The van der Waals surface area contributed by atoms with Crippen molar-refractivity contribution in [3.05, 3.63) is 65.2 Å². The highest BCUT2D eigenvalue weighted by molar-refractivity contribution is 7.99. The first-order chi connectivity index (χ1) is 15.8. The first-order valence-electron chi connectivity index (χ1n) is 10.5. The molecule has 9 heteroatoms. The molecular weight excluding hydrogens is 442 g/mol. The molecule has 174 valence electrons. The van der Waals surface area contributed by atoms with Crippen molar-refractivity contribution in [3.63, 3.8) is 0 Å². The Morgan fingerprint density at radius 2 is 1.85 bits per heavy atom. The predicted octanol–water partition coefficient (Wildman–Crippen LogP) is 4.29. The van der Waals surface area contributed by atoms with Gasteiger partial charge in [0.1, 0.15) is 6.61 Å². The standard InChI is InChI=1S/C24H27N3O5S/c1-5-31-23(30)27-20-16(2)10-9-13-18(20)19(15-33-4)25-24(3,21(27)28)26-22(29)32-14-17-11-7-6-8-12-17/h6-13H,5,14-15H2,1-4H3,(H,26,29). The molecule has 1 aliphatic heterocycles. The number of fused-ring (bicyclic) bond motifs is 1. The van der Waals surface area contributed by atoms with Gasteiger partial charge in [0.15, 0.2) is 0 Å². The number of thioether (sulfide) groups is 1. The molecule has 1 N–H and O–H groups in total. The molecule has 0 radical (unpaired) electrons. The number of rotatable bonds is 6. The summed E-state index contributed by atoms with van der Waals surface area (Å²) in [6.07, 6.45) is 0.255. The summed E-state index contributed by atoms with van der Waals surface area (Å²) in [5, 5.41) is 2.57. The normalized spacial score (nSPS) is 17.5. The van der Waals surface area contributed by atoms with Gasteiger partial charge in [0.25, 0.3) is 5.91 Å². The first-order valence-corrected chi connectivity index (χ1v) is 11.9. The van der Waals surface area contributed by atoms with Crippen molar-refractivity contribution in [3.8, 4) is 0 Å². The first kappa shape index (κ1) is 24.3. The van der Waals surface area contributed by atoms with Crippen molar-refractivity contribution in [1.82, 2.24) is 5.32 Å². The fourth-order valence-corrected chi connectivity index (χ4v) is 4.03. The van der Waals surface area contributed by atoms with Crippen LogP contribution in [0, 0.1) is 6.92 Å². The third kappa shape index (κ3) is 5.36. The van der Waals surface area contributed by atoms with Crippen molar-refractivity contribution < 1.29 is 23.9 Å². The Balaban J connectivity index is 2.00. The van der Waals surface area contributed by atoms with Crippen LogP contribution >= 0.6 is 11.8 Å². The van der Waals surface area contributed by atoms with Gasteiger partial charge in [0.2, 0.25) is 5.66 Å². The van der Waals surface area contributed by atoms with Crippen LogP contribution in [0.15, 0.2) is 53.5 Å². The number of hydrogen-bond donors (Lipinski definition) is 1. The van der Waals surface area contributed by atoms with Crippen LogP contribution in [0.3, 0.4) is 0 Å². The number of ether oxygens (including phenoxy) is 2. The Bertz CT molecular complexity index is 1070. The zero-order valence-corrected chi connectivity index (χ0v) is 19.9. The van der Waals surface area contributed by atoms with Crippen LogP contribution in [0.5, 0.6) is 0 Å². The van der Waals surface area contributed by atoms with Crippen LogP contribution in [-0.2, 0) is 20.9 Å². The number of aryl methyl sites for hydroxylation is 1. The van der Waals surface area contributed by atoms with Gasteiger partial charge < -0.3 is 9.47 Å². The van der Waals surface area contributed by atoms with E-state index in [1.165, 1.54) is 18.7 Å². The third-order valence-corrected chi connectivity index (χ3v) is 5.60. The molecule has 3 rings (SSSR count). The van der Waals surface area contributed by atoms with Crippen molar-refractivity contribution in [1.29, 1.82) is 0 Å². The molecule has 3 amide bonds. The number of nitrogens with one attached hydrogen (secondary N) is 1. The summed E-state index contributed by atoms with van der Waals surface area (Å²) < 4.78 is 10.5. The van der Waals surface area contributed by atoms with Gasteiger partial charge in [-0.05, 0) is 38.2 Å². The molecule has 0 aromatic heterocycles. The van der Waals surface area contributed by atoms with Crippen LogP contribution in [0.2, 0.25) is 0 Å². The maximum Gasteiger partial charge on any atom is 0.421 e. The lowest BCUT2D eigenvalue weighted by molar-refractivity contribution is -0.123. The fraction of sp³-hybridized carbons (Fsp3) is 0.333. The van der Waals surface area contributed by atoms with Crippen molar-refractivity contribution in [2.45, 2.75) is 33.0 Å². The van der Waals surface area contributed by atoms with E-state index in [2.05, 4.69) is 10.3 Å². The summed E-state index contributed by atoms with van der Waals surface area (Å²) in [4.78, 5) is 44.9. The number of aliphatic imine (C=N–C) groups is 1. The van der Waals surface area contributed by atoms with E-state index in [0.717, 1.165) is 10.5 Å². The van der Waals surface area contributed by atoms with Gasteiger partial charge in [0, 0.05) is 11.3 Å². The highest BCUT2D eigenvalue weighted by Gasteiger charge is 2.46. The molecule has 0 saturated heterocycles. The van der Waals surface area contributed by atoms with Gasteiger partial charge in [-0.2, -0.15) is 11.8 Å². The van der Waals surface area contributed by atoms with E-state index in [9.17, 15) is 14.4 Å². The van der Waals surface area contributed by atoms with Gasteiger partial charge >= 0.3 is 12.2 Å². The van der Waals surface area contributed by atoms with Crippen molar-refractivity contribution >= 4 is 41.3 Å². The highest BCUT2D eigenvalue weighted by Crippen LogP contribution is 2.33. The second kappa shape index (κ2) is 10.5. The molecule has 1 unspecified atom stereocenters. The number of benzodiazepines with no additional fused rings is 1. The molecule has 8 nitrogen and oxygen atoms in total. The van der Waals surface area contributed by atoms with Gasteiger partial charge in [-0.15, -0.1) is 0 Å². The van der Waals surface area contributed by atoms with Crippen LogP contribution in [-0.4, -0.2) is 48.1 Å². The number of anilines is 1. The Morgan fingerprint density at radius 3 is 2.52 bits per heavy atom. The Labute approximate surface area is 197 Å². The largest absolute Gasteiger partial charge is 0.449 e. The lowest BCUT2D eigenvalue weighted by Gasteiger charge is -2.29. The van der Waals surface area contributed by atoms with Crippen LogP contribution in [0.25, 0.3) is 0 Å². The number of para-hydroxylation sites is 1. The number of carbonyl (C=O) groups is 3. The van der Waals surface area contributed by atoms with E-state index in [4.69, 9.17) is 9.47 Å². The smallest absolute Gasteiger partial charge is 0.421 e. The number of nitrogens with zero attached hydrogens (tertiary/aromatic N) is 2. The number of benzene rings is 2. The summed E-state index contributed by atoms with van der Waals surface area (Å²) in [5.74, 6) is -0.263. The summed E-state index contributed by atoms with van der Waals surface area (Å²) in [6.45, 7) is 5.03. The van der Waals surface area contributed by atoms with E-state index >= 15 is 0 Å². The fourth-order valence-electron chi connectivity index (χ4n) is 3.53. The minimum atomic E-state index is -1.78. The lowest BCUT2D eigenvalue weighted by Crippen LogP contribution is -2.58. The van der Waals surface area contributed by atoms with Gasteiger partial charge in [-0.1, -0.05) is 48.5 Å². The maximum atomic E-state index is 13.7. The van der Waals surface area contributed by atoms with Gasteiger partial charge in [-0.25, -0.2) is 14.5 Å². The summed E-state index contributed by atoms with van der Waals surface area (Å²) in [7, 11) is 0. The molecule has 0 spiro atoms. The molecule has 1 aliphatic rings. The summed E-state index contributed by atoms with van der Waals surface area (Å²) in [6, 6.07) is 14.6. The number of hydrogen-bond acceptors (Lipinski definition) is 7. The van der Waals surface area contributed by atoms with E-state index in [0.29, 0.717) is 28.3 Å². The molecule has 2 aromatic carbocycles. The molecule has 0 bridgehead atoms. The van der Waals surface area contributed by atoms with Crippen molar-refractivity contribution in [2.75, 3.05) is 23.5 Å². The second-order valence-corrected chi connectivity index (χ2v) is 8.43. The molecule has 0 saturated carbocycles. The average molecular weight is 470 g/mol. The van der Waals surface area contributed by atoms with Crippen LogP contribution in [0.1, 0.15) is 30.5 Å². The number of imide groups is 1. The Morgan fingerprint density at radius 1 is 1.12 bits per heavy atom. The third-order valence-electron chi connectivity index (χ3n) is 5.04. The molecule has 1 atom stereocenters. The SMILES string of the molecule is CCOC(=O)N1C(=O)C(C)(NC(=O)OCc2ccccc2)N=C(CSC)c2cccc(C)c21. The molecule has 0 fully saturated rings. The lowest BCUT2D eigenvalue weighted by atomic mass is 10.0. The maximum absolute atomic E-state index is 13.7. The van der Waals surface area contributed by atoms with Gasteiger partial charge in [0.05, 0.1) is 18.0 Å².